The predicted octanol–water partition coefficient (Wildman–Crippen LogP) is 5.23. The predicted molar refractivity (Wildman–Crippen MR) is 116 cm³/mol. The molecule has 28 heavy (non-hydrogen) atoms. The molecule has 0 spiro atoms. The average Bonchev–Trinajstić information content (AvgIpc) is 2.93. The van der Waals surface area contributed by atoms with E-state index in [0.717, 1.165) is 49.1 Å². The summed E-state index contributed by atoms with van der Waals surface area (Å²) in [5.41, 5.74) is 9.02. The van der Waals surface area contributed by atoms with E-state index in [1.54, 1.807) is 0 Å². The number of nitrogens with one attached hydrogen (secondary N) is 1. The maximum absolute atomic E-state index is 12.3. The third kappa shape index (κ3) is 5.12. The van der Waals surface area contributed by atoms with Crippen LogP contribution in [-0.2, 0) is 4.74 Å². The third-order valence-corrected chi connectivity index (χ3v) is 6.34. The summed E-state index contributed by atoms with van der Waals surface area (Å²) < 4.78 is 5.51. The Balaban J connectivity index is 1.60. The molecule has 1 aliphatic heterocycles. The molecule has 5 nitrogen and oxygen atoms in total. The van der Waals surface area contributed by atoms with E-state index in [9.17, 15) is 4.79 Å². The molecule has 1 amide bonds. The van der Waals surface area contributed by atoms with Crippen molar-refractivity contribution in [2.24, 2.45) is 11.8 Å². The first kappa shape index (κ1) is 20.8. The SMILES string of the molecule is C[C@H]1CC(Nc2cc(C3CCN(C(=O)OC(C)(C)C)CC3)ccc2N)C[C@@H]1C. The minimum atomic E-state index is -0.444. The Morgan fingerprint density at radius 2 is 1.75 bits per heavy atom. The van der Waals surface area contributed by atoms with Crippen LogP contribution in [0.2, 0.25) is 0 Å². The highest BCUT2D eigenvalue weighted by atomic mass is 16.6. The van der Waals surface area contributed by atoms with Gasteiger partial charge in [-0.05, 0) is 81.9 Å². The molecule has 0 radical (unpaired) electrons. The zero-order chi connectivity index (χ0) is 20.5. The van der Waals surface area contributed by atoms with Gasteiger partial charge in [-0.2, -0.15) is 0 Å². The van der Waals surface area contributed by atoms with E-state index in [2.05, 4.69) is 31.3 Å². The molecule has 1 aromatic rings. The summed E-state index contributed by atoms with van der Waals surface area (Å²) in [6.45, 7) is 11.9. The Hall–Kier alpha value is -1.91. The summed E-state index contributed by atoms with van der Waals surface area (Å²) in [4.78, 5) is 14.1. The number of rotatable bonds is 3. The Labute approximate surface area is 170 Å². The Kier molecular flexibility index (Phi) is 6.11. The lowest BCUT2D eigenvalue weighted by Crippen LogP contribution is -2.41. The van der Waals surface area contributed by atoms with Crippen LogP contribution < -0.4 is 11.1 Å². The van der Waals surface area contributed by atoms with Crippen molar-refractivity contribution in [1.29, 1.82) is 0 Å². The molecule has 0 aromatic heterocycles. The molecule has 156 valence electrons. The first-order valence-electron chi connectivity index (χ1n) is 10.8. The Bertz CT molecular complexity index is 680. The molecular formula is C23H37N3O2. The lowest BCUT2D eigenvalue weighted by Gasteiger charge is -2.33. The van der Waals surface area contributed by atoms with Crippen molar-refractivity contribution in [3.05, 3.63) is 23.8 Å². The first-order chi connectivity index (χ1) is 13.1. The highest BCUT2D eigenvalue weighted by Gasteiger charge is 2.29. The van der Waals surface area contributed by atoms with Crippen molar-refractivity contribution in [3.8, 4) is 0 Å². The van der Waals surface area contributed by atoms with Gasteiger partial charge in [0.1, 0.15) is 5.60 Å². The van der Waals surface area contributed by atoms with Crippen LogP contribution in [0.4, 0.5) is 16.2 Å². The summed E-state index contributed by atoms with van der Waals surface area (Å²) in [6.07, 6.45) is 4.13. The van der Waals surface area contributed by atoms with Crippen molar-refractivity contribution in [3.63, 3.8) is 0 Å². The van der Waals surface area contributed by atoms with Crippen LogP contribution in [0.1, 0.15) is 71.8 Å². The molecule has 0 bridgehead atoms. The molecule has 1 aliphatic carbocycles. The molecule has 3 rings (SSSR count). The third-order valence-electron chi connectivity index (χ3n) is 6.34. The number of carbonyl (C=O) groups is 1. The van der Waals surface area contributed by atoms with E-state index >= 15 is 0 Å². The van der Waals surface area contributed by atoms with Crippen LogP contribution in [0.15, 0.2) is 18.2 Å². The van der Waals surface area contributed by atoms with Gasteiger partial charge in [0, 0.05) is 19.1 Å². The van der Waals surface area contributed by atoms with Crippen LogP contribution in [0.3, 0.4) is 0 Å². The second kappa shape index (κ2) is 8.22. The van der Waals surface area contributed by atoms with Gasteiger partial charge in [-0.25, -0.2) is 4.79 Å². The van der Waals surface area contributed by atoms with Crippen molar-refractivity contribution < 1.29 is 9.53 Å². The summed E-state index contributed by atoms with van der Waals surface area (Å²) in [5, 5.41) is 3.69. The molecule has 2 fully saturated rings. The highest BCUT2D eigenvalue weighted by Crippen LogP contribution is 2.36. The van der Waals surface area contributed by atoms with Crippen molar-refractivity contribution in [1.82, 2.24) is 4.90 Å². The van der Waals surface area contributed by atoms with E-state index in [1.807, 2.05) is 31.7 Å². The molecule has 1 heterocycles. The van der Waals surface area contributed by atoms with Gasteiger partial charge >= 0.3 is 6.09 Å². The molecule has 2 atom stereocenters. The number of ether oxygens (including phenoxy) is 1. The number of piperidine rings is 1. The first-order valence-corrected chi connectivity index (χ1v) is 10.8. The van der Waals surface area contributed by atoms with Crippen molar-refractivity contribution in [2.45, 2.75) is 77.9 Å². The van der Waals surface area contributed by atoms with Gasteiger partial charge in [0.25, 0.3) is 0 Å². The van der Waals surface area contributed by atoms with E-state index < -0.39 is 5.60 Å². The summed E-state index contributed by atoms with van der Waals surface area (Å²) in [5.74, 6) is 1.99. The van der Waals surface area contributed by atoms with Crippen LogP contribution in [-0.4, -0.2) is 35.7 Å². The molecule has 0 unspecified atom stereocenters. The molecule has 1 aromatic carbocycles. The van der Waals surface area contributed by atoms with Crippen LogP contribution in [0.5, 0.6) is 0 Å². The van der Waals surface area contributed by atoms with E-state index in [1.165, 1.54) is 18.4 Å². The topological polar surface area (TPSA) is 67.6 Å². The summed E-state index contributed by atoms with van der Waals surface area (Å²) >= 11 is 0. The highest BCUT2D eigenvalue weighted by molar-refractivity contribution is 5.69. The maximum Gasteiger partial charge on any atom is 0.410 e. The second-order valence-electron chi connectivity index (χ2n) is 9.86. The normalized spacial score (nSPS) is 24.4. The maximum atomic E-state index is 12.3. The second-order valence-corrected chi connectivity index (χ2v) is 9.86. The Morgan fingerprint density at radius 3 is 2.32 bits per heavy atom. The molecule has 2 aliphatic rings. The number of amides is 1. The van der Waals surface area contributed by atoms with Crippen LogP contribution in [0.25, 0.3) is 0 Å². The average molecular weight is 388 g/mol. The zero-order valence-corrected chi connectivity index (χ0v) is 18.1. The van der Waals surface area contributed by atoms with Gasteiger partial charge in [-0.3, -0.25) is 0 Å². The molecule has 1 saturated heterocycles. The fourth-order valence-corrected chi connectivity index (χ4v) is 4.47. The standard InChI is InChI=1S/C23H37N3O2/c1-15-12-19(13-16(15)2)25-21-14-18(6-7-20(21)24)17-8-10-26(11-9-17)22(27)28-23(3,4)5/h6-7,14-17,19,25H,8-13,24H2,1-5H3/t15-,16-/m0/s1. The van der Waals surface area contributed by atoms with E-state index in [-0.39, 0.29) is 6.09 Å². The van der Waals surface area contributed by atoms with Gasteiger partial charge in [0.2, 0.25) is 0 Å². The van der Waals surface area contributed by atoms with Gasteiger partial charge < -0.3 is 20.7 Å². The molecule has 1 saturated carbocycles. The number of anilines is 2. The molecule has 5 heteroatoms. The monoisotopic (exact) mass is 387 g/mol. The van der Waals surface area contributed by atoms with Gasteiger partial charge in [-0.1, -0.05) is 19.9 Å². The lowest BCUT2D eigenvalue weighted by molar-refractivity contribution is 0.0205. The minimum absolute atomic E-state index is 0.199. The number of likely N-dealkylation sites (tertiary alicyclic amines) is 1. The number of hydrogen-bond donors (Lipinski definition) is 2. The number of nitrogen functional groups attached to an aromatic ring is 1. The van der Waals surface area contributed by atoms with Crippen molar-refractivity contribution in [2.75, 3.05) is 24.1 Å². The van der Waals surface area contributed by atoms with Gasteiger partial charge in [0.05, 0.1) is 11.4 Å². The van der Waals surface area contributed by atoms with Crippen LogP contribution in [0, 0.1) is 11.8 Å². The fraction of sp³-hybridized carbons (Fsp3) is 0.696. The number of benzene rings is 1. The van der Waals surface area contributed by atoms with Crippen molar-refractivity contribution >= 4 is 17.5 Å². The van der Waals surface area contributed by atoms with Crippen LogP contribution >= 0.6 is 0 Å². The van der Waals surface area contributed by atoms with Gasteiger partial charge in [0.15, 0.2) is 0 Å². The van der Waals surface area contributed by atoms with E-state index in [4.69, 9.17) is 10.5 Å². The molecular weight excluding hydrogens is 350 g/mol. The largest absolute Gasteiger partial charge is 0.444 e. The quantitative estimate of drug-likeness (QED) is 0.697. The Morgan fingerprint density at radius 1 is 1.14 bits per heavy atom. The van der Waals surface area contributed by atoms with E-state index in [0.29, 0.717) is 12.0 Å². The number of carbonyl (C=O) groups excluding carboxylic acids is 1. The smallest absolute Gasteiger partial charge is 0.410 e. The number of nitrogens with zero attached hydrogens (tertiary/aromatic N) is 1. The number of hydrogen-bond acceptors (Lipinski definition) is 4. The minimum Gasteiger partial charge on any atom is -0.444 e. The molecule has 3 N–H and O–H groups in total. The zero-order valence-electron chi connectivity index (χ0n) is 18.1. The number of nitrogens with two attached hydrogens (primary N) is 1. The summed E-state index contributed by atoms with van der Waals surface area (Å²) in [6, 6.07) is 6.92. The fourth-order valence-electron chi connectivity index (χ4n) is 4.47. The summed E-state index contributed by atoms with van der Waals surface area (Å²) in [7, 11) is 0. The lowest BCUT2D eigenvalue weighted by atomic mass is 9.89. The van der Waals surface area contributed by atoms with Gasteiger partial charge in [-0.15, -0.1) is 0 Å².